The summed E-state index contributed by atoms with van der Waals surface area (Å²) in [6, 6.07) is 4.09. The predicted molar refractivity (Wildman–Crippen MR) is 63.7 cm³/mol. The number of carboxylic acids is 1. The van der Waals surface area contributed by atoms with Crippen molar-refractivity contribution in [3.8, 4) is 5.75 Å². The standard InChI is InChI=1S/C11H9NO5S/c13-7-2-1-5(3-6(7)10(15)16)4-8-9(14)12-11(17)18-8/h1-3,8,13H,4H2,(H,15,16)(H,12,14,17). The molecule has 3 N–H and O–H groups in total. The van der Waals surface area contributed by atoms with E-state index in [1.165, 1.54) is 18.2 Å². The molecule has 0 saturated carbocycles. The molecule has 0 aromatic heterocycles. The molecule has 6 nitrogen and oxygen atoms in total. The molecule has 1 saturated heterocycles. The van der Waals surface area contributed by atoms with Gasteiger partial charge in [0.15, 0.2) is 0 Å². The Morgan fingerprint density at radius 1 is 1.39 bits per heavy atom. The summed E-state index contributed by atoms with van der Waals surface area (Å²) in [6.45, 7) is 0. The number of phenols is 1. The Balaban J connectivity index is 2.20. The number of imide groups is 1. The predicted octanol–water partition coefficient (Wildman–Crippen LogP) is 0.984. The Labute approximate surface area is 106 Å². The van der Waals surface area contributed by atoms with E-state index in [4.69, 9.17) is 5.11 Å². The van der Waals surface area contributed by atoms with E-state index in [0.29, 0.717) is 5.56 Å². The highest BCUT2D eigenvalue weighted by Gasteiger charge is 2.31. The van der Waals surface area contributed by atoms with Gasteiger partial charge in [0.2, 0.25) is 5.91 Å². The molecular formula is C11H9NO5S. The van der Waals surface area contributed by atoms with E-state index < -0.39 is 16.5 Å². The molecule has 0 spiro atoms. The zero-order chi connectivity index (χ0) is 13.3. The Hall–Kier alpha value is -2.02. The molecule has 1 aliphatic rings. The van der Waals surface area contributed by atoms with Crippen molar-refractivity contribution in [2.24, 2.45) is 0 Å². The minimum atomic E-state index is -1.24. The first-order valence-electron chi connectivity index (χ1n) is 5.04. The van der Waals surface area contributed by atoms with Crippen LogP contribution in [0.5, 0.6) is 5.75 Å². The van der Waals surface area contributed by atoms with E-state index in [0.717, 1.165) is 11.8 Å². The fourth-order valence-electron chi connectivity index (χ4n) is 1.62. The van der Waals surface area contributed by atoms with E-state index in [2.05, 4.69) is 5.32 Å². The SMILES string of the molecule is O=C1NC(=O)C(Cc2ccc(O)c(C(=O)O)c2)S1. The summed E-state index contributed by atoms with van der Waals surface area (Å²) in [5, 5.41) is 19.4. The number of aromatic hydroxyl groups is 1. The highest BCUT2D eigenvalue weighted by Crippen LogP contribution is 2.25. The van der Waals surface area contributed by atoms with E-state index >= 15 is 0 Å². The van der Waals surface area contributed by atoms with Crippen molar-refractivity contribution in [3.63, 3.8) is 0 Å². The number of benzene rings is 1. The number of carbonyl (C=O) groups excluding carboxylic acids is 2. The van der Waals surface area contributed by atoms with Crippen molar-refractivity contribution in [1.29, 1.82) is 0 Å². The van der Waals surface area contributed by atoms with Crippen LogP contribution in [0.2, 0.25) is 0 Å². The van der Waals surface area contributed by atoms with Crippen LogP contribution in [0.1, 0.15) is 15.9 Å². The van der Waals surface area contributed by atoms with Gasteiger partial charge in [-0.25, -0.2) is 4.79 Å². The molecule has 2 amide bonds. The molecular weight excluding hydrogens is 258 g/mol. The van der Waals surface area contributed by atoms with Gasteiger partial charge in [0.1, 0.15) is 11.3 Å². The fourth-order valence-corrected chi connectivity index (χ4v) is 2.48. The Morgan fingerprint density at radius 2 is 2.11 bits per heavy atom. The second kappa shape index (κ2) is 4.69. The van der Waals surface area contributed by atoms with Crippen molar-refractivity contribution >= 4 is 28.9 Å². The third-order valence-corrected chi connectivity index (χ3v) is 3.46. The molecule has 18 heavy (non-hydrogen) atoms. The summed E-state index contributed by atoms with van der Waals surface area (Å²) >= 11 is 0.877. The molecule has 1 fully saturated rings. The number of carbonyl (C=O) groups is 3. The largest absolute Gasteiger partial charge is 0.507 e. The molecule has 1 atom stereocenters. The maximum absolute atomic E-state index is 11.4. The van der Waals surface area contributed by atoms with Crippen LogP contribution in [-0.4, -0.2) is 32.6 Å². The maximum atomic E-state index is 11.4. The summed E-state index contributed by atoms with van der Waals surface area (Å²) in [4.78, 5) is 33.2. The maximum Gasteiger partial charge on any atom is 0.339 e. The molecule has 0 aliphatic carbocycles. The van der Waals surface area contributed by atoms with Crippen molar-refractivity contribution in [3.05, 3.63) is 29.3 Å². The Morgan fingerprint density at radius 3 is 2.67 bits per heavy atom. The average Bonchev–Trinajstić information content (AvgIpc) is 2.60. The number of hydrogen-bond donors (Lipinski definition) is 3. The summed E-state index contributed by atoms with van der Waals surface area (Å²) < 4.78 is 0. The van der Waals surface area contributed by atoms with Gasteiger partial charge in [-0.05, 0) is 24.1 Å². The van der Waals surface area contributed by atoms with Gasteiger partial charge >= 0.3 is 5.97 Å². The number of nitrogens with one attached hydrogen (secondary N) is 1. The number of carboxylic acid groups (broad SMARTS) is 1. The number of aromatic carboxylic acids is 1. The second-order valence-electron chi connectivity index (χ2n) is 3.74. The second-order valence-corrected chi connectivity index (χ2v) is 4.92. The molecule has 94 valence electrons. The van der Waals surface area contributed by atoms with Crippen LogP contribution in [0.3, 0.4) is 0 Å². The van der Waals surface area contributed by atoms with Crippen LogP contribution in [0.15, 0.2) is 18.2 Å². The van der Waals surface area contributed by atoms with Crippen molar-refractivity contribution in [2.45, 2.75) is 11.7 Å². The van der Waals surface area contributed by atoms with E-state index in [9.17, 15) is 19.5 Å². The van der Waals surface area contributed by atoms with Crippen LogP contribution in [0.4, 0.5) is 4.79 Å². The third-order valence-electron chi connectivity index (χ3n) is 2.48. The Bertz CT molecular complexity index is 542. The fraction of sp³-hybridized carbons (Fsp3) is 0.182. The lowest BCUT2D eigenvalue weighted by Crippen LogP contribution is -2.25. The molecule has 1 aliphatic heterocycles. The van der Waals surface area contributed by atoms with Gasteiger partial charge in [-0.15, -0.1) is 0 Å². The summed E-state index contributed by atoms with van der Waals surface area (Å²) in [5.41, 5.74) is 0.356. The van der Waals surface area contributed by atoms with Crippen LogP contribution >= 0.6 is 11.8 Å². The first-order valence-corrected chi connectivity index (χ1v) is 5.92. The molecule has 1 unspecified atom stereocenters. The lowest BCUT2D eigenvalue weighted by molar-refractivity contribution is -0.118. The normalized spacial score (nSPS) is 18.8. The minimum Gasteiger partial charge on any atom is -0.507 e. The summed E-state index contributed by atoms with van der Waals surface area (Å²) in [5.74, 6) is -1.95. The molecule has 7 heteroatoms. The molecule has 1 heterocycles. The van der Waals surface area contributed by atoms with Crippen molar-refractivity contribution < 1.29 is 24.6 Å². The van der Waals surface area contributed by atoms with E-state index in [1.807, 2.05) is 0 Å². The van der Waals surface area contributed by atoms with Gasteiger partial charge < -0.3 is 10.2 Å². The van der Waals surface area contributed by atoms with Gasteiger partial charge in [-0.3, -0.25) is 14.9 Å². The quantitative estimate of drug-likeness (QED) is 0.754. The molecule has 0 bridgehead atoms. The zero-order valence-electron chi connectivity index (χ0n) is 9.04. The van der Waals surface area contributed by atoms with Crippen LogP contribution in [-0.2, 0) is 11.2 Å². The topological polar surface area (TPSA) is 104 Å². The summed E-state index contributed by atoms with van der Waals surface area (Å²) in [6.07, 6.45) is 0.239. The number of thioether (sulfide) groups is 1. The number of hydrogen-bond acceptors (Lipinski definition) is 5. The summed E-state index contributed by atoms with van der Waals surface area (Å²) in [7, 11) is 0. The van der Waals surface area contributed by atoms with Crippen molar-refractivity contribution in [1.82, 2.24) is 5.32 Å². The zero-order valence-corrected chi connectivity index (χ0v) is 9.86. The first kappa shape index (κ1) is 12.4. The van der Waals surface area contributed by atoms with Crippen LogP contribution < -0.4 is 5.32 Å². The van der Waals surface area contributed by atoms with Gasteiger partial charge in [0.05, 0.1) is 5.25 Å². The monoisotopic (exact) mass is 267 g/mol. The average molecular weight is 267 g/mol. The highest BCUT2D eigenvalue weighted by atomic mass is 32.2. The highest BCUT2D eigenvalue weighted by molar-refractivity contribution is 8.15. The van der Waals surface area contributed by atoms with Gasteiger partial charge in [0, 0.05) is 0 Å². The van der Waals surface area contributed by atoms with Crippen LogP contribution in [0, 0.1) is 0 Å². The third kappa shape index (κ3) is 2.45. The Kier molecular flexibility index (Phi) is 3.24. The molecule has 0 radical (unpaired) electrons. The van der Waals surface area contributed by atoms with Gasteiger partial charge in [-0.1, -0.05) is 17.8 Å². The molecule has 1 aromatic carbocycles. The molecule has 1 aromatic rings. The molecule has 2 rings (SSSR count). The van der Waals surface area contributed by atoms with Crippen LogP contribution in [0.25, 0.3) is 0 Å². The number of rotatable bonds is 3. The van der Waals surface area contributed by atoms with Crippen molar-refractivity contribution in [2.75, 3.05) is 0 Å². The van der Waals surface area contributed by atoms with Gasteiger partial charge in [0.25, 0.3) is 5.24 Å². The number of amides is 2. The van der Waals surface area contributed by atoms with E-state index in [-0.39, 0.29) is 23.6 Å². The van der Waals surface area contributed by atoms with Gasteiger partial charge in [-0.2, -0.15) is 0 Å². The minimum absolute atomic E-state index is 0.220. The lowest BCUT2D eigenvalue weighted by atomic mass is 10.1. The van der Waals surface area contributed by atoms with E-state index in [1.54, 1.807) is 0 Å². The smallest absolute Gasteiger partial charge is 0.339 e. The lowest BCUT2D eigenvalue weighted by Gasteiger charge is -2.07. The first-order chi connectivity index (χ1) is 8.47.